The molecule has 0 N–H and O–H groups in total. The Labute approximate surface area is 228 Å². The summed E-state index contributed by atoms with van der Waals surface area (Å²) in [5.41, 5.74) is 5.65. The molecule has 1 aliphatic heterocycles. The summed E-state index contributed by atoms with van der Waals surface area (Å²) in [6, 6.07) is 23.0. The third-order valence-corrected chi connectivity index (χ3v) is 7.70. The van der Waals surface area contributed by atoms with E-state index in [1.165, 1.54) is 5.56 Å². The van der Waals surface area contributed by atoms with E-state index in [0.717, 1.165) is 47.2 Å². The van der Waals surface area contributed by atoms with Crippen molar-refractivity contribution in [3.63, 3.8) is 0 Å². The quantitative estimate of drug-likeness (QED) is 0.236. The highest BCUT2D eigenvalue weighted by atomic mass is 35.5. The lowest BCUT2D eigenvalue weighted by Gasteiger charge is -2.33. The zero-order valence-electron chi connectivity index (χ0n) is 21.2. The molecule has 2 heterocycles. The minimum atomic E-state index is -0.219. The molecule has 0 bridgehead atoms. The first-order valence-corrected chi connectivity index (χ1v) is 13.7. The van der Waals surface area contributed by atoms with Gasteiger partial charge in [-0.1, -0.05) is 60.5 Å². The van der Waals surface area contributed by atoms with Crippen molar-refractivity contribution in [1.29, 1.82) is 0 Å². The molecule has 4 aromatic rings. The van der Waals surface area contributed by atoms with Gasteiger partial charge in [0.1, 0.15) is 5.82 Å². The number of halogens is 2. The first kappa shape index (κ1) is 25.6. The lowest BCUT2D eigenvalue weighted by Crippen LogP contribution is -2.39. The van der Waals surface area contributed by atoms with Gasteiger partial charge in [0.15, 0.2) is 0 Å². The Kier molecular flexibility index (Phi) is 7.73. The standard InChI is InChI=1S/C30H31Cl2N3O2/c1-3-28-33-26-14-9-22(19-27(26)35(28)25-15-17-34(18-16-25)30(36)37-4-2)29(20-5-10-23(31)11-6-20)21-7-12-24(32)13-8-21/h5-14,19,25,29H,3-4,15-18H2,1-2H3. The van der Waals surface area contributed by atoms with E-state index >= 15 is 0 Å². The minimum Gasteiger partial charge on any atom is -0.450 e. The number of amides is 1. The van der Waals surface area contributed by atoms with Gasteiger partial charge in [-0.3, -0.25) is 0 Å². The predicted molar refractivity (Wildman–Crippen MR) is 150 cm³/mol. The summed E-state index contributed by atoms with van der Waals surface area (Å²) in [4.78, 5) is 19.0. The van der Waals surface area contributed by atoms with E-state index in [1.807, 2.05) is 36.1 Å². The van der Waals surface area contributed by atoms with Crippen LogP contribution in [0, 0.1) is 0 Å². The molecule has 0 spiro atoms. The van der Waals surface area contributed by atoms with Crippen LogP contribution < -0.4 is 0 Å². The second kappa shape index (κ2) is 11.2. The van der Waals surface area contributed by atoms with Gasteiger partial charge in [0.25, 0.3) is 0 Å². The molecular weight excluding hydrogens is 505 g/mol. The summed E-state index contributed by atoms with van der Waals surface area (Å²) in [5, 5.41) is 1.43. The van der Waals surface area contributed by atoms with Crippen LogP contribution in [0.1, 0.15) is 61.2 Å². The molecule has 0 unspecified atom stereocenters. The van der Waals surface area contributed by atoms with Crippen LogP contribution >= 0.6 is 23.2 Å². The Morgan fingerprint density at radius 2 is 1.49 bits per heavy atom. The molecule has 0 radical (unpaired) electrons. The van der Waals surface area contributed by atoms with Gasteiger partial charge < -0.3 is 14.2 Å². The Morgan fingerprint density at radius 1 is 0.919 bits per heavy atom. The van der Waals surface area contributed by atoms with Gasteiger partial charge >= 0.3 is 6.09 Å². The number of rotatable bonds is 6. The van der Waals surface area contributed by atoms with Crippen LogP contribution in [0.4, 0.5) is 4.79 Å². The van der Waals surface area contributed by atoms with Crippen LogP contribution in [-0.4, -0.2) is 40.2 Å². The second-order valence-corrected chi connectivity index (χ2v) is 10.3. The third kappa shape index (κ3) is 5.34. The van der Waals surface area contributed by atoms with Crippen molar-refractivity contribution in [2.24, 2.45) is 0 Å². The van der Waals surface area contributed by atoms with Crippen LogP contribution in [-0.2, 0) is 11.2 Å². The van der Waals surface area contributed by atoms with Gasteiger partial charge in [0.05, 0.1) is 17.6 Å². The molecule has 1 aliphatic rings. The largest absolute Gasteiger partial charge is 0.450 e. The van der Waals surface area contributed by atoms with Gasteiger partial charge in [0.2, 0.25) is 0 Å². The maximum absolute atomic E-state index is 12.2. The molecule has 5 rings (SSSR count). The highest BCUT2D eigenvalue weighted by molar-refractivity contribution is 6.30. The molecule has 192 valence electrons. The summed E-state index contributed by atoms with van der Waals surface area (Å²) < 4.78 is 7.62. The van der Waals surface area contributed by atoms with Crippen molar-refractivity contribution < 1.29 is 9.53 Å². The maximum atomic E-state index is 12.2. The van der Waals surface area contributed by atoms with Crippen molar-refractivity contribution in [3.8, 4) is 0 Å². The smallest absolute Gasteiger partial charge is 0.409 e. The molecule has 0 aliphatic carbocycles. The SMILES string of the molecule is CCOC(=O)N1CCC(n2c(CC)nc3ccc(C(c4ccc(Cl)cc4)c4ccc(Cl)cc4)cc32)CC1. The number of likely N-dealkylation sites (tertiary alicyclic amines) is 1. The van der Waals surface area contributed by atoms with E-state index < -0.39 is 0 Å². The topological polar surface area (TPSA) is 47.4 Å². The van der Waals surface area contributed by atoms with Gasteiger partial charge in [0, 0.05) is 41.5 Å². The number of nitrogens with zero attached hydrogens (tertiary/aromatic N) is 3. The first-order chi connectivity index (χ1) is 18.0. The lowest BCUT2D eigenvalue weighted by molar-refractivity contribution is 0.0928. The number of ether oxygens (including phenoxy) is 1. The third-order valence-electron chi connectivity index (χ3n) is 7.20. The molecule has 5 nitrogen and oxygen atoms in total. The Bertz CT molecular complexity index is 1330. The molecule has 0 saturated carbocycles. The Balaban J connectivity index is 1.55. The van der Waals surface area contributed by atoms with Crippen molar-refractivity contribution in [2.75, 3.05) is 19.7 Å². The number of hydrogen-bond donors (Lipinski definition) is 0. The first-order valence-electron chi connectivity index (χ1n) is 12.9. The maximum Gasteiger partial charge on any atom is 0.409 e. The van der Waals surface area contributed by atoms with E-state index in [2.05, 4.69) is 54.0 Å². The number of carbonyl (C=O) groups is 1. The molecule has 7 heteroatoms. The van der Waals surface area contributed by atoms with Crippen LogP contribution in [0.2, 0.25) is 10.0 Å². The molecule has 1 saturated heterocycles. The van der Waals surface area contributed by atoms with E-state index in [1.54, 1.807) is 0 Å². The van der Waals surface area contributed by atoms with Crippen molar-refractivity contribution in [2.45, 2.75) is 45.1 Å². The fourth-order valence-electron chi connectivity index (χ4n) is 5.41. The summed E-state index contributed by atoms with van der Waals surface area (Å²) in [6.45, 7) is 5.76. The van der Waals surface area contributed by atoms with Crippen LogP contribution in [0.25, 0.3) is 11.0 Å². The molecule has 1 amide bonds. The summed E-state index contributed by atoms with van der Waals surface area (Å²) in [7, 11) is 0. The highest BCUT2D eigenvalue weighted by Gasteiger charge is 2.28. The number of fused-ring (bicyclic) bond motifs is 1. The van der Waals surface area contributed by atoms with E-state index in [4.69, 9.17) is 32.9 Å². The summed E-state index contributed by atoms with van der Waals surface area (Å²) in [6.07, 6.45) is 2.38. The Morgan fingerprint density at radius 3 is 2.03 bits per heavy atom. The van der Waals surface area contributed by atoms with E-state index in [9.17, 15) is 4.79 Å². The van der Waals surface area contributed by atoms with Gasteiger partial charge in [-0.05, 0) is 72.9 Å². The van der Waals surface area contributed by atoms with E-state index in [-0.39, 0.29) is 18.1 Å². The zero-order chi connectivity index (χ0) is 25.9. The highest BCUT2D eigenvalue weighted by Crippen LogP contribution is 2.36. The number of imidazole rings is 1. The molecule has 37 heavy (non-hydrogen) atoms. The number of benzene rings is 3. The number of piperidine rings is 1. The van der Waals surface area contributed by atoms with Gasteiger partial charge in [-0.15, -0.1) is 0 Å². The van der Waals surface area contributed by atoms with Crippen molar-refractivity contribution in [1.82, 2.24) is 14.5 Å². The van der Waals surface area contributed by atoms with Crippen molar-refractivity contribution in [3.05, 3.63) is 99.3 Å². The average molecular weight is 537 g/mol. The van der Waals surface area contributed by atoms with Crippen LogP contribution in [0.3, 0.4) is 0 Å². The number of carbonyl (C=O) groups excluding carboxylic acids is 1. The molecular formula is C30H31Cl2N3O2. The predicted octanol–water partition coefficient (Wildman–Crippen LogP) is 7.88. The molecule has 0 atom stereocenters. The van der Waals surface area contributed by atoms with Gasteiger partial charge in [-0.25, -0.2) is 9.78 Å². The average Bonchev–Trinajstić information content (AvgIpc) is 3.29. The Hall–Kier alpha value is -3.02. The zero-order valence-corrected chi connectivity index (χ0v) is 22.7. The summed E-state index contributed by atoms with van der Waals surface area (Å²) in [5.74, 6) is 1.11. The minimum absolute atomic E-state index is 0.0259. The number of aryl methyl sites for hydroxylation is 1. The second-order valence-electron chi connectivity index (χ2n) is 9.45. The molecule has 1 fully saturated rings. The molecule has 3 aromatic carbocycles. The summed E-state index contributed by atoms with van der Waals surface area (Å²) >= 11 is 12.4. The number of aromatic nitrogens is 2. The molecule has 1 aromatic heterocycles. The normalized spacial score (nSPS) is 14.5. The van der Waals surface area contributed by atoms with Gasteiger partial charge in [-0.2, -0.15) is 0 Å². The number of hydrogen-bond acceptors (Lipinski definition) is 3. The van der Waals surface area contributed by atoms with E-state index in [0.29, 0.717) is 29.7 Å². The van der Waals surface area contributed by atoms with Crippen LogP contribution in [0.15, 0.2) is 66.7 Å². The van der Waals surface area contributed by atoms with Crippen molar-refractivity contribution >= 4 is 40.3 Å². The monoisotopic (exact) mass is 535 g/mol. The lowest BCUT2D eigenvalue weighted by atomic mass is 9.85. The fraction of sp³-hybridized carbons (Fsp3) is 0.333. The van der Waals surface area contributed by atoms with Crippen LogP contribution in [0.5, 0.6) is 0 Å². The fourth-order valence-corrected chi connectivity index (χ4v) is 5.66.